The second-order valence-corrected chi connectivity index (χ2v) is 4.56. The Kier molecular flexibility index (Phi) is 1.94. The Morgan fingerprint density at radius 1 is 1.38 bits per heavy atom. The van der Waals surface area contributed by atoms with Gasteiger partial charge in [-0.3, -0.25) is 0 Å². The summed E-state index contributed by atoms with van der Waals surface area (Å²) >= 11 is 1.51. The van der Waals surface area contributed by atoms with Crippen LogP contribution in [-0.4, -0.2) is 15.0 Å². The van der Waals surface area contributed by atoms with Gasteiger partial charge < -0.3 is 10.7 Å². The van der Waals surface area contributed by atoms with E-state index in [2.05, 4.69) is 15.0 Å². The molecule has 3 N–H and O–H groups in total. The third-order valence-corrected chi connectivity index (χ3v) is 3.30. The van der Waals surface area contributed by atoms with Crippen LogP contribution in [0.2, 0.25) is 0 Å². The van der Waals surface area contributed by atoms with Crippen LogP contribution in [0.25, 0.3) is 22.6 Å². The maximum Gasteiger partial charge on any atom is 0.178 e. The van der Waals surface area contributed by atoms with Crippen molar-refractivity contribution < 1.29 is 0 Å². The first kappa shape index (κ1) is 9.35. The van der Waals surface area contributed by atoms with Gasteiger partial charge in [0.25, 0.3) is 0 Å². The summed E-state index contributed by atoms with van der Waals surface area (Å²) < 4.78 is 0. The molecule has 3 aromatic heterocycles. The standard InChI is InChI=1S/C11H10N4S/c1-6-2-4-13-11-8(6)14-10(15-11)7-3-5-16-9(7)12/h2-5H,12H2,1H3,(H,13,14,15). The SMILES string of the molecule is Cc1ccnc2nc(-c3ccsc3N)[nH]c12. The van der Waals surface area contributed by atoms with E-state index in [0.29, 0.717) is 0 Å². The molecule has 0 fully saturated rings. The lowest BCUT2D eigenvalue weighted by atomic mass is 10.3. The van der Waals surface area contributed by atoms with Crippen molar-refractivity contribution in [1.29, 1.82) is 0 Å². The number of imidazole rings is 1. The minimum atomic E-state index is 0.737. The molecule has 0 aliphatic carbocycles. The Morgan fingerprint density at radius 3 is 2.94 bits per heavy atom. The van der Waals surface area contributed by atoms with Crippen molar-refractivity contribution in [1.82, 2.24) is 15.0 Å². The van der Waals surface area contributed by atoms with Crippen molar-refractivity contribution in [3.05, 3.63) is 29.3 Å². The molecule has 16 heavy (non-hydrogen) atoms. The average Bonchev–Trinajstić information content (AvgIpc) is 2.84. The molecule has 0 atom stereocenters. The average molecular weight is 230 g/mol. The summed E-state index contributed by atoms with van der Waals surface area (Å²) in [6, 6.07) is 3.92. The molecule has 0 aliphatic heterocycles. The fraction of sp³-hybridized carbons (Fsp3) is 0.0909. The van der Waals surface area contributed by atoms with Crippen LogP contribution in [0.4, 0.5) is 5.00 Å². The number of aryl methyl sites for hydroxylation is 1. The number of nitrogens with two attached hydrogens (primary N) is 1. The van der Waals surface area contributed by atoms with Gasteiger partial charge in [-0.15, -0.1) is 11.3 Å². The Bertz CT molecular complexity index is 653. The second kappa shape index (κ2) is 3.31. The van der Waals surface area contributed by atoms with E-state index in [1.54, 1.807) is 6.20 Å². The van der Waals surface area contributed by atoms with Crippen molar-refractivity contribution in [2.45, 2.75) is 6.92 Å². The summed E-state index contributed by atoms with van der Waals surface area (Å²) in [5.74, 6) is 0.788. The van der Waals surface area contributed by atoms with E-state index in [1.807, 2.05) is 24.4 Å². The fourth-order valence-electron chi connectivity index (χ4n) is 1.68. The van der Waals surface area contributed by atoms with Gasteiger partial charge in [-0.2, -0.15) is 0 Å². The van der Waals surface area contributed by atoms with Gasteiger partial charge in [0.2, 0.25) is 0 Å². The first-order valence-corrected chi connectivity index (χ1v) is 5.78. The molecule has 0 radical (unpaired) electrons. The summed E-state index contributed by atoms with van der Waals surface area (Å²) in [6.07, 6.45) is 1.76. The summed E-state index contributed by atoms with van der Waals surface area (Å²) in [4.78, 5) is 11.9. The molecular weight excluding hydrogens is 220 g/mol. The van der Waals surface area contributed by atoms with Gasteiger partial charge in [-0.05, 0) is 30.0 Å². The predicted octanol–water partition coefficient (Wildman–Crippen LogP) is 2.58. The quantitative estimate of drug-likeness (QED) is 0.675. The third-order valence-electron chi connectivity index (χ3n) is 2.55. The van der Waals surface area contributed by atoms with Gasteiger partial charge in [-0.25, -0.2) is 9.97 Å². The maximum absolute atomic E-state index is 5.87. The van der Waals surface area contributed by atoms with Crippen LogP contribution >= 0.6 is 11.3 Å². The molecule has 0 bridgehead atoms. The number of hydrogen-bond donors (Lipinski definition) is 2. The third kappa shape index (κ3) is 1.29. The lowest BCUT2D eigenvalue weighted by Gasteiger charge is -1.93. The first-order valence-electron chi connectivity index (χ1n) is 4.90. The molecule has 3 heterocycles. The van der Waals surface area contributed by atoms with Crippen LogP contribution in [0.5, 0.6) is 0 Å². The highest BCUT2D eigenvalue weighted by atomic mass is 32.1. The van der Waals surface area contributed by atoms with Crippen molar-refractivity contribution in [2.75, 3.05) is 5.73 Å². The Morgan fingerprint density at radius 2 is 2.25 bits per heavy atom. The number of nitrogen functional groups attached to an aromatic ring is 1. The van der Waals surface area contributed by atoms with E-state index in [-0.39, 0.29) is 0 Å². The minimum Gasteiger partial charge on any atom is -0.390 e. The molecule has 0 aliphatic rings. The van der Waals surface area contributed by atoms with E-state index >= 15 is 0 Å². The van der Waals surface area contributed by atoms with Gasteiger partial charge in [0, 0.05) is 6.20 Å². The van der Waals surface area contributed by atoms with E-state index in [0.717, 1.165) is 33.1 Å². The van der Waals surface area contributed by atoms with E-state index in [1.165, 1.54) is 11.3 Å². The Labute approximate surface area is 96.2 Å². The first-order chi connectivity index (χ1) is 7.75. The van der Waals surface area contributed by atoms with Crippen molar-refractivity contribution in [3.8, 4) is 11.4 Å². The highest BCUT2D eigenvalue weighted by Gasteiger charge is 2.10. The Hall–Kier alpha value is -1.88. The van der Waals surface area contributed by atoms with Crippen molar-refractivity contribution in [3.63, 3.8) is 0 Å². The van der Waals surface area contributed by atoms with Crippen LogP contribution in [0.3, 0.4) is 0 Å². The van der Waals surface area contributed by atoms with Crippen LogP contribution in [0, 0.1) is 6.92 Å². The van der Waals surface area contributed by atoms with Crippen LogP contribution in [0.1, 0.15) is 5.56 Å². The zero-order valence-corrected chi connectivity index (χ0v) is 9.51. The van der Waals surface area contributed by atoms with Gasteiger partial charge in [0.15, 0.2) is 5.65 Å². The summed E-state index contributed by atoms with van der Waals surface area (Å²) in [7, 11) is 0. The number of nitrogens with one attached hydrogen (secondary N) is 1. The molecule has 0 aromatic carbocycles. The summed E-state index contributed by atoms with van der Waals surface area (Å²) in [5, 5.41) is 2.73. The molecule has 0 spiro atoms. The smallest absolute Gasteiger partial charge is 0.178 e. The molecule has 0 unspecified atom stereocenters. The predicted molar refractivity (Wildman–Crippen MR) is 66.4 cm³/mol. The highest BCUT2D eigenvalue weighted by molar-refractivity contribution is 7.14. The topological polar surface area (TPSA) is 67.6 Å². The molecule has 0 amide bonds. The molecule has 4 nitrogen and oxygen atoms in total. The molecule has 80 valence electrons. The highest BCUT2D eigenvalue weighted by Crippen LogP contribution is 2.29. The number of thiophene rings is 1. The number of aromatic nitrogens is 3. The largest absolute Gasteiger partial charge is 0.390 e. The van der Waals surface area contributed by atoms with E-state index in [4.69, 9.17) is 5.73 Å². The number of H-pyrrole nitrogens is 1. The molecule has 3 rings (SSSR count). The van der Waals surface area contributed by atoms with Gasteiger partial charge >= 0.3 is 0 Å². The van der Waals surface area contributed by atoms with Gasteiger partial charge in [0.1, 0.15) is 5.82 Å². The van der Waals surface area contributed by atoms with Gasteiger partial charge in [-0.1, -0.05) is 0 Å². The van der Waals surface area contributed by atoms with Gasteiger partial charge in [0.05, 0.1) is 16.1 Å². The number of fused-ring (bicyclic) bond motifs is 1. The molecule has 3 aromatic rings. The zero-order valence-electron chi connectivity index (χ0n) is 8.69. The minimum absolute atomic E-state index is 0.737. The van der Waals surface area contributed by atoms with Crippen molar-refractivity contribution >= 4 is 27.5 Å². The number of hydrogen-bond acceptors (Lipinski definition) is 4. The Balaban J connectivity index is 2.27. The fourth-order valence-corrected chi connectivity index (χ4v) is 2.32. The number of rotatable bonds is 1. The zero-order chi connectivity index (χ0) is 11.1. The maximum atomic E-state index is 5.87. The molecule has 0 saturated heterocycles. The normalized spacial score (nSPS) is 11.1. The summed E-state index contributed by atoms with van der Waals surface area (Å²) in [6.45, 7) is 2.03. The van der Waals surface area contributed by atoms with Crippen LogP contribution in [-0.2, 0) is 0 Å². The number of anilines is 1. The van der Waals surface area contributed by atoms with Crippen molar-refractivity contribution in [2.24, 2.45) is 0 Å². The van der Waals surface area contributed by atoms with E-state index in [9.17, 15) is 0 Å². The monoisotopic (exact) mass is 230 g/mol. The lowest BCUT2D eigenvalue weighted by Crippen LogP contribution is -1.84. The summed E-state index contributed by atoms with van der Waals surface area (Å²) in [5.41, 5.74) is 9.67. The number of aromatic amines is 1. The van der Waals surface area contributed by atoms with E-state index < -0.39 is 0 Å². The molecule has 5 heteroatoms. The number of nitrogens with zero attached hydrogens (tertiary/aromatic N) is 2. The molecular formula is C11H10N4S. The lowest BCUT2D eigenvalue weighted by molar-refractivity contribution is 1.30. The number of pyridine rings is 1. The van der Waals surface area contributed by atoms with Crippen LogP contribution in [0.15, 0.2) is 23.7 Å². The molecule has 0 saturated carbocycles. The second-order valence-electron chi connectivity index (χ2n) is 3.61. The van der Waals surface area contributed by atoms with Crippen LogP contribution < -0.4 is 5.73 Å².